The second-order valence-corrected chi connectivity index (χ2v) is 19.3. The zero-order chi connectivity index (χ0) is 48.2. The Balaban J connectivity index is 1.04. The van der Waals surface area contributed by atoms with Gasteiger partial charge in [0.15, 0.2) is 5.58 Å². The molecule has 11 aromatic carbocycles. The maximum absolute atomic E-state index is 6.81. The van der Waals surface area contributed by atoms with Crippen LogP contribution in [0.4, 0.5) is 34.1 Å². The summed E-state index contributed by atoms with van der Waals surface area (Å²) in [7, 11) is 0. The summed E-state index contributed by atoms with van der Waals surface area (Å²) in [6.07, 6.45) is 0. The number of benzene rings is 11. The van der Waals surface area contributed by atoms with Crippen molar-refractivity contribution in [2.24, 2.45) is 0 Å². The van der Waals surface area contributed by atoms with Crippen LogP contribution in [0.1, 0.15) is 25.0 Å². The summed E-state index contributed by atoms with van der Waals surface area (Å²) in [5, 5.41) is 2.17. The first kappa shape index (κ1) is 42.9. The second kappa shape index (κ2) is 17.7. The fourth-order valence-electron chi connectivity index (χ4n) is 11.2. The number of hydrogen-bond acceptors (Lipinski definition) is 3. The van der Waals surface area contributed by atoms with E-state index in [1.165, 1.54) is 50.1 Å². The number of fused-ring (bicyclic) bond motifs is 6. The number of furan rings is 1. The van der Waals surface area contributed by atoms with Crippen molar-refractivity contribution >= 4 is 56.1 Å². The van der Waals surface area contributed by atoms with E-state index in [1.54, 1.807) is 0 Å². The molecule has 13 rings (SSSR count). The standard InChI is InChI=1S/C69H50N2O/c1-69(2)63-34-17-15-29-59(63)60-42-41-54(46-64(60)69)70(52-25-11-5-12-26-52)55-43-51(44-56(45-55)71(53-27-13-6-14-28-53)65-35-20-33-62-61-30-16-18-36-66(61)72-68(62)65)47-37-39-50(40-38-47)67-57(48-21-7-3-8-22-48)31-19-32-58(67)49-23-9-4-10-24-49/h3-46H,1-2H3. The molecule has 0 N–H and O–H groups in total. The van der Waals surface area contributed by atoms with E-state index in [2.05, 4.69) is 285 Å². The zero-order valence-electron chi connectivity index (χ0n) is 40.2. The molecular formula is C69H50N2O. The lowest BCUT2D eigenvalue weighted by molar-refractivity contribution is 0.660. The van der Waals surface area contributed by atoms with Gasteiger partial charge in [0.2, 0.25) is 0 Å². The predicted molar refractivity (Wildman–Crippen MR) is 302 cm³/mol. The first-order valence-corrected chi connectivity index (χ1v) is 24.8. The summed E-state index contributed by atoms with van der Waals surface area (Å²) in [6, 6.07) is 96.6. The van der Waals surface area contributed by atoms with Crippen molar-refractivity contribution < 1.29 is 4.42 Å². The lowest BCUT2D eigenvalue weighted by atomic mass is 9.82. The molecule has 0 amide bonds. The number of rotatable bonds is 10. The van der Waals surface area contributed by atoms with Crippen LogP contribution in [-0.2, 0) is 5.41 Å². The smallest absolute Gasteiger partial charge is 0.159 e. The minimum atomic E-state index is -0.173. The summed E-state index contributed by atoms with van der Waals surface area (Å²) in [5.74, 6) is 0. The van der Waals surface area contributed by atoms with Gasteiger partial charge in [0.05, 0.1) is 5.69 Å². The zero-order valence-corrected chi connectivity index (χ0v) is 40.2. The Bertz CT molecular complexity index is 3880. The number of nitrogens with zero attached hydrogens (tertiary/aromatic N) is 2. The highest BCUT2D eigenvalue weighted by Gasteiger charge is 2.36. The molecule has 1 aromatic heterocycles. The van der Waals surface area contributed by atoms with Gasteiger partial charge in [-0.05, 0) is 133 Å². The third-order valence-corrected chi connectivity index (χ3v) is 14.6. The van der Waals surface area contributed by atoms with Crippen molar-refractivity contribution in [2.75, 3.05) is 9.80 Å². The molecule has 342 valence electrons. The van der Waals surface area contributed by atoms with Gasteiger partial charge in [-0.2, -0.15) is 0 Å². The average molecular weight is 923 g/mol. The first-order valence-electron chi connectivity index (χ1n) is 24.8. The Morgan fingerprint density at radius 3 is 1.50 bits per heavy atom. The Labute approximate surface area is 421 Å². The lowest BCUT2D eigenvalue weighted by Crippen LogP contribution is -2.17. The molecule has 3 heteroatoms. The third kappa shape index (κ3) is 7.37. The molecule has 12 aromatic rings. The van der Waals surface area contributed by atoms with E-state index in [1.807, 2.05) is 6.07 Å². The molecule has 0 spiro atoms. The van der Waals surface area contributed by atoms with Gasteiger partial charge in [0.25, 0.3) is 0 Å². The van der Waals surface area contributed by atoms with Crippen LogP contribution in [-0.4, -0.2) is 0 Å². The molecule has 1 aliphatic rings. The monoisotopic (exact) mass is 922 g/mol. The van der Waals surface area contributed by atoms with Crippen LogP contribution in [0.2, 0.25) is 0 Å². The molecule has 0 saturated carbocycles. The summed E-state index contributed by atoms with van der Waals surface area (Å²) >= 11 is 0. The van der Waals surface area contributed by atoms with Gasteiger partial charge < -0.3 is 14.2 Å². The van der Waals surface area contributed by atoms with Crippen LogP contribution in [0.15, 0.2) is 271 Å². The highest BCUT2D eigenvalue weighted by atomic mass is 16.3. The quantitative estimate of drug-likeness (QED) is 0.136. The molecule has 0 fully saturated rings. The average Bonchev–Trinajstić information content (AvgIpc) is 3.94. The first-order chi connectivity index (χ1) is 35.5. The van der Waals surface area contributed by atoms with Crippen LogP contribution in [0.5, 0.6) is 0 Å². The summed E-state index contributed by atoms with van der Waals surface area (Å²) in [6.45, 7) is 4.71. The SMILES string of the molecule is CC1(C)c2ccccc2-c2ccc(N(c3ccccc3)c3cc(-c4ccc(-c5c(-c6ccccc6)cccc5-c5ccccc5)cc4)cc(N(c4ccccc4)c4cccc5c4oc4ccccc45)c3)cc21. The fourth-order valence-corrected chi connectivity index (χ4v) is 11.2. The molecule has 0 aliphatic heterocycles. The van der Waals surface area contributed by atoms with Crippen LogP contribution in [0.25, 0.3) is 77.6 Å². The van der Waals surface area contributed by atoms with Crippen molar-refractivity contribution in [3.05, 3.63) is 278 Å². The number of para-hydroxylation sites is 4. The Kier molecular flexibility index (Phi) is 10.5. The number of hydrogen-bond donors (Lipinski definition) is 0. The van der Waals surface area contributed by atoms with Crippen LogP contribution in [0, 0.1) is 0 Å². The predicted octanol–water partition coefficient (Wildman–Crippen LogP) is 19.5. The van der Waals surface area contributed by atoms with Gasteiger partial charge in [-0.3, -0.25) is 0 Å². The van der Waals surface area contributed by atoms with Crippen molar-refractivity contribution in [3.8, 4) is 55.6 Å². The van der Waals surface area contributed by atoms with Gasteiger partial charge in [0, 0.05) is 44.6 Å². The van der Waals surface area contributed by atoms with Crippen molar-refractivity contribution in [1.29, 1.82) is 0 Å². The summed E-state index contributed by atoms with van der Waals surface area (Å²) in [4.78, 5) is 4.79. The van der Waals surface area contributed by atoms with Gasteiger partial charge in [-0.1, -0.05) is 214 Å². The molecule has 0 bridgehead atoms. The van der Waals surface area contributed by atoms with E-state index in [0.717, 1.165) is 72.8 Å². The Morgan fingerprint density at radius 1 is 0.306 bits per heavy atom. The Morgan fingerprint density at radius 2 is 0.819 bits per heavy atom. The molecule has 1 aliphatic carbocycles. The summed E-state index contributed by atoms with van der Waals surface area (Å²) < 4.78 is 6.81. The second-order valence-electron chi connectivity index (χ2n) is 19.3. The molecule has 72 heavy (non-hydrogen) atoms. The van der Waals surface area contributed by atoms with Crippen molar-refractivity contribution in [1.82, 2.24) is 0 Å². The highest BCUT2D eigenvalue weighted by Crippen LogP contribution is 2.52. The van der Waals surface area contributed by atoms with Crippen molar-refractivity contribution in [3.63, 3.8) is 0 Å². The third-order valence-electron chi connectivity index (χ3n) is 14.6. The molecule has 0 radical (unpaired) electrons. The largest absolute Gasteiger partial charge is 0.454 e. The molecular weight excluding hydrogens is 873 g/mol. The molecule has 0 unspecified atom stereocenters. The van der Waals surface area contributed by atoms with E-state index >= 15 is 0 Å². The maximum atomic E-state index is 6.81. The fraction of sp³-hybridized carbons (Fsp3) is 0.0435. The van der Waals surface area contributed by atoms with E-state index in [4.69, 9.17) is 4.42 Å². The Hall–Kier alpha value is -9.18. The topological polar surface area (TPSA) is 19.6 Å². The molecule has 0 saturated heterocycles. The van der Waals surface area contributed by atoms with Crippen LogP contribution < -0.4 is 9.80 Å². The summed E-state index contributed by atoms with van der Waals surface area (Å²) in [5.41, 5.74) is 22.3. The minimum absolute atomic E-state index is 0.173. The lowest BCUT2D eigenvalue weighted by Gasteiger charge is -2.31. The van der Waals surface area contributed by atoms with Crippen molar-refractivity contribution in [2.45, 2.75) is 19.3 Å². The van der Waals surface area contributed by atoms with Crippen LogP contribution in [0.3, 0.4) is 0 Å². The van der Waals surface area contributed by atoms with E-state index < -0.39 is 0 Å². The minimum Gasteiger partial charge on any atom is -0.454 e. The normalized spacial score (nSPS) is 12.4. The van der Waals surface area contributed by atoms with Gasteiger partial charge in [-0.15, -0.1) is 0 Å². The molecule has 3 nitrogen and oxygen atoms in total. The van der Waals surface area contributed by atoms with Gasteiger partial charge in [-0.25, -0.2) is 0 Å². The molecule has 1 heterocycles. The molecule has 0 atom stereocenters. The highest BCUT2D eigenvalue weighted by molar-refractivity contribution is 6.10. The van der Waals surface area contributed by atoms with E-state index in [-0.39, 0.29) is 5.41 Å². The van der Waals surface area contributed by atoms with E-state index in [0.29, 0.717) is 0 Å². The van der Waals surface area contributed by atoms with Crippen LogP contribution >= 0.6 is 0 Å². The van der Waals surface area contributed by atoms with Gasteiger partial charge >= 0.3 is 0 Å². The van der Waals surface area contributed by atoms with E-state index in [9.17, 15) is 0 Å². The number of anilines is 6. The van der Waals surface area contributed by atoms with Gasteiger partial charge in [0.1, 0.15) is 5.58 Å². The maximum Gasteiger partial charge on any atom is 0.159 e.